The SMILES string of the molecule is Cc1ccc(C)c2[cH-]c(-c3ccccc3)cc12.[Zr]. The molecule has 0 saturated heterocycles. The van der Waals surface area contributed by atoms with Crippen LogP contribution >= 0.6 is 0 Å². The summed E-state index contributed by atoms with van der Waals surface area (Å²) in [6.45, 7) is 4.35. The Kier molecular flexibility index (Phi) is 3.92. The van der Waals surface area contributed by atoms with E-state index in [0.29, 0.717) is 0 Å². The predicted octanol–water partition coefficient (Wildman–Crippen LogP) is 4.84. The van der Waals surface area contributed by atoms with Gasteiger partial charge in [0.2, 0.25) is 0 Å². The molecule has 0 N–H and O–H groups in total. The zero-order valence-electron chi connectivity index (χ0n) is 10.7. The molecule has 0 aromatic heterocycles. The Morgan fingerprint density at radius 3 is 2.17 bits per heavy atom. The summed E-state index contributed by atoms with van der Waals surface area (Å²) >= 11 is 0. The molecule has 0 spiro atoms. The molecule has 88 valence electrons. The molecular weight excluding hydrogens is 295 g/mol. The maximum atomic E-state index is 2.30. The van der Waals surface area contributed by atoms with Crippen LogP contribution in [0, 0.1) is 13.8 Å². The van der Waals surface area contributed by atoms with Gasteiger partial charge in [0.15, 0.2) is 0 Å². The van der Waals surface area contributed by atoms with Crippen molar-refractivity contribution in [3.05, 3.63) is 65.7 Å². The standard InChI is InChI=1S/C17H15.Zr/c1-12-8-9-13(2)17-11-15(10-16(12)17)14-6-4-3-5-7-14;/h3-11H,1-2H3;/q-1;. The molecule has 1 heteroatoms. The second kappa shape index (κ2) is 5.28. The van der Waals surface area contributed by atoms with Crippen molar-refractivity contribution in [2.45, 2.75) is 13.8 Å². The number of benzene rings is 2. The van der Waals surface area contributed by atoms with Crippen LogP contribution in [-0.2, 0) is 26.2 Å². The van der Waals surface area contributed by atoms with E-state index in [1.165, 1.54) is 33.0 Å². The first-order valence-corrected chi connectivity index (χ1v) is 5.98. The van der Waals surface area contributed by atoms with E-state index in [0.717, 1.165) is 0 Å². The minimum Gasteiger partial charge on any atom is -0.144 e. The van der Waals surface area contributed by atoms with Crippen molar-refractivity contribution in [2.75, 3.05) is 0 Å². The molecule has 0 nitrogen and oxygen atoms in total. The first kappa shape index (κ1) is 13.4. The van der Waals surface area contributed by atoms with Crippen LogP contribution in [0.5, 0.6) is 0 Å². The molecule has 3 aromatic rings. The summed E-state index contributed by atoms with van der Waals surface area (Å²) in [6, 6.07) is 19.6. The molecule has 0 saturated carbocycles. The molecule has 0 unspecified atom stereocenters. The Bertz CT molecular complexity index is 624. The van der Waals surface area contributed by atoms with Crippen molar-refractivity contribution >= 4 is 10.8 Å². The Labute approximate surface area is 127 Å². The first-order valence-electron chi connectivity index (χ1n) is 5.98. The van der Waals surface area contributed by atoms with Gasteiger partial charge in [-0.15, -0.1) is 34.0 Å². The van der Waals surface area contributed by atoms with E-state index in [-0.39, 0.29) is 26.2 Å². The predicted molar refractivity (Wildman–Crippen MR) is 74.5 cm³/mol. The van der Waals surface area contributed by atoms with Crippen molar-refractivity contribution in [1.82, 2.24) is 0 Å². The molecule has 0 atom stereocenters. The van der Waals surface area contributed by atoms with Crippen LogP contribution in [-0.4, -0.2) is 0 Å². The van der Waals surface area contributed by atoms with Gasteiger partial charge in [-0.2, -0.15) is 0 Å². The molecule has 18 heavy (non-hydrogen) atoms. The van der Waals surface area contributed by atoms with Crippen molar-refractivity contribution in [3.63, 3.8) is 0 Å². The van der Waals surface area contributed by atoms with Crippen molar-refractivity contribution in [2.24, 2.45) is 0 Å². The number of hydrogen-bond acceptors (Lipinski definition) is 0. The van der Waals surface area contributed by atoms with Gasteiger partial charge in [0.1, 0.15) is 0 Å². The second-order valence-corrected chi connectivity index (χ2v) is 4.64. The molecule has 3 aromatic carbocycles. The van der Waals surface area contributed by atoms with Crippen LogP contribution in [0.1, 0.15) is 11.1 Å². The Balaban J connectivity index is 0.00000120. The fourth-order valence-electron chi connectivity index (χ4n) is 2.39. The average Bonchev–Trinajstić information content (AvgIpc) is 2.81. The van der Waals surface area contributed by atoms with Gasteiger partial charge in [-0.1, -0.05) is 60.5 Å². The molecule has 3 rings (SSSR count). The maximum Gasteiger partial charge on any atom is 0 e. The van der Waals surface area contributed by atoms with E-state index in [2.05, 4.69) is 68.4 Å². The minimum atomic E-state index is 0. The Hall–Kier alpha value is -1.07. The maximum absolute atomic E-state index is 2.30. The van der Waals surface area contributed by atoms with E-state index in [1.807, 2.05) is 0 Å². The summed E-state index contributed by atoms with van der Waals surface area (Å²) in [5, 5.41) is 2.76. The quantitative estimate of drug-likeness (QED) is 0.564. The number of hydrogen-bond donors (Lipinski definition) is 0. The summed E-state index contributed by atoms with van der Waals surface area (Å²) in [7, 11) is 0. The number of rotatable bonds is 1. The van der Waals surface area contributed by atoms with E-state index >= 15 is 0 Å². The van der Waals surface area contributed by atoms with Crippen molar-refractivity contribution in [3.8, 4) is 11.1 Å². The van der Waals surface area contributed by atoms with Crippen LogP contribution in [0.25, 0.3) is 21.9 Å². The summed E-state index contributed by atoms with van der Waals surface area (Å²) < 4.78 is 0. The van der Waals surface area contributed by atoms with Gasteiger partial charge in [-0.05, 0) is 6.92 Å². The third-order valence-electron chi connectivity index (χ3n) is 3.43. The van der Waals surface area contributed by atoms with E-state index in [9.17, 15) is 0 Å². The third kappa shape index (κ3) is 2.25. The van der Waals surface area contributed by atoms with E-state index in [4.69, 9.17) is 0 Å². The zero-order valence-corrected chi connectivity index (χ0v) is 13.2. The molecule has 0 heterocycles. The molecular formula is C17H15Zr-. The first-order chi connectivity index (χ1) is 8.25. The molecule has 0 bridgehead atoms. The normalized spacial score (nSPS) is 10.3. The van der Waals surface area contributed by atoms with Gasteiger partial charge in [-0.3, -0.25) is 0 Å². The van der Waals surface area contributed by atoms with E-state index in [1.54, 1.807) is 0 Å². The fourth-order valence-corrected chi connectivity index (χ4v) is 2.39. The second-order valence-electron chi connectivity index (χ2n) is 4.64. The third-order valence-corrected chi connectivity index (χ3v) is 3.43. The van der Waals surface area contributed by atoms with Gasteiger partial charge >= 0.3 is 0 Å². The number of fused-ring (bicyclic) bond motifs is 1. The van der Waals surface area contributed by atoms with Crippen LogP contribution < -0.4 is 0 Å². The summed E-state index contributed by atoms with van der Waals surface area (Å²) in [4.78, 5) is 0. The monoisotopic (exact) mass is 309 g/mol. The molecule has 0 radical (unpaired) electrons. The topological polar surface area (TPSA) is 0 Å². The summed E-state index contributed by atoms with van der Waals surface area (Å²) in [6.07, 6.45) is 0. The molecule has 0 aliphatic rings. The summed E-state index contributed by atoms with van der Waals surface area (Å²) in [5.74, 6) is 0. The van der Waals surface area contributed by atoms with Crippen molar-refractivity contribution in [1.29, 1.82) is 0 Å². The van der Waals surface area contributed by atoms with Gasteiger partial charge in [0.05, 0.1) is 0 Å². The number of aryl methyl sites for hydroxylation is 2. The van der Waals surface area contributed by atoms with Crippen LogP contribution in [0.4, 0.5) is 0 Å². The van der Waals surface area contributed by atoms with Crippen LogP contribution in [0.15, 0.2) is 54.6 Å². The van der Waals surface area contributed by atoms with Crippen LogP contribution in [0.2, 0.25) is 0 Å². The average molecular weight is 311 g/mol. The van der Waals surface area contributed by atoms with Crippen LogP contribution in [0.3, 0.4) is 0 Å². The Morgan fingerprint density at radius 1 is 0.833 bits per heavy atom. The minimum absolute atomic E-state index is 0. The smallest absolute Gasteiger partial charge is 0 e. The van der Waals surface area contributed by atoms with E-state index < -0.39 is 0 Å². The van der Waals surface area contributed by atoms with Gasteiger partial charge in [0.25, 0.3) is 0 Å². The molecule has 0 aliphatic carbocycles. The summed E-state index contributed by atoms with van der Waals surface area (Å²) in [5.41, 5.74) is 5.32. The zero-order chi connectivity index (χ0) is 11.8. The van der Waals surface area contributed by atoms with Gasteiger partial charge in [0, 0.05) is 26.2 Å². The fraction of sp³-hybridized carbons (Fsp3) is 0.118. The molecule has 0 aliphatic heterocycles. The largest absolute Gasteiger partial charge is 0.144 e. The molecule has 0 fully saturated rings. The molecule has 0 amide bonds. The Morgan fingerprint density at radius 2 is 1.50 bits per heavy atom. The van der Waals surface area contributed by atoms with Gasteiger partial charge < -0.3 is 0 Å². The van der Waals surface area contributed by atoms with Gasteiger partial charge in [-0.25, -0.2) is 0 Å². The van der Waals surface area contributed by atoms with Crippen molar-refractivity contribution < 1.29 is 26.2 Å².